The van der Waals surface area contributed by atoms with Crippen molar-refractivity contribution in [3.63, 3.8) is 0 Å². The van der Waals surface area contributed by atoms with Crippen LogP contribution in [0.25, 0.3) is 16.8 Å². The van der Waals surface area contributed by atoms with Crippen LogP contribution in [0.5, 0.6) is 0 Å². The number of benzene rings is 5. The molecule has 220 valence electrons. The van der Waals surface area contributed by atoms with Crippen molar-refractivity contribution in [1.29, 1.82) is 0 Å². The summed E-state index contributed by atoms with van der Waals surface area (Å²) in [7, 11) is 0. The first-order chi connectivity index (χ1) is 21.7. The van der Waals surface area contributed by atoms with Gasteiger partial charge in [0.25, 0.3) is 0 Å². The number of carbonyl (C=O) groups excluding carboxylic acids is 1. The van der Waals surface area contributed by atoms with Gasteiger partial charge < -0.3 is 5.32 Å². The predicted molar refractivity (Wildman–Crippen MR) is 183 cm³/mol. The van der Waals surface area contributed by atoms with Gasteiger partial charge in [0.1, 0.15) is 0 Å². The number of nitrogens with zero attached hydrogens (tertiary/aromatic N) is 1. The van der Waals surface area contributed by atoms with Gasteiger partial charge in [-0.25, -0.2) is 0 Å². The van der Waals surface area contributed by atoms with Crippen LogP contribution >= 0.6 is 0 Å². The van der Waals surface area contributed by atoms with Crippen LogP contribution in [0.3, 0.4) is 0 Å². The zero-order valence-corrected chi connectivity index (χ0v) is 25.2. The summed E-state index contributed by atoms with van der Waals surface area (Å²) in [4.78, 5) is 16.0. The lowest BCUT2D eigenvalue weighted by Gasteiger charge is -2.37. The summed E-state index contributed by atoms with van der Waals surface area (Å²) in [6.07, 6.45) is 3.42. The number of hydrogen-bond donors (Lipinski definition) is 1. The maximum absolute atomic E-state index is 13.6. The predicted octanol–water partition coefficient (Wildman–Crippen LogP) is 9.56. The van der Waals surface area contributed by atoms with Gasteiger partial charge in [-0.1, -0.05) is 134 Å². The van der Waals surface area contributed by atoms with Crippen LogP contribution in [0, 0.1) is 0 Å². The molecule has 0 aromatic heterocycles. The minimum Gasteiger partial charge on any atom is -0.356 e. The molecule has 1 fully saturated rings. The van der Waals surface area contributed by atoms with E-state index < -0.39 is 0 Å². The van der Waals surface area contributed by atoms with E-state index >= 15 is 0 Å². The SMILES string of the molecule is C=C(Nc1ccc(C2CCN(C(C(=O)CCc3ccccc3)c3ccccc3)CC2)cc1)c1ccccc1-c1ccccc1. The van der Waals surface area contributed by atoms with Crippen LogP contribution in [-0.2, 0) is 11.2 Å². The lowest BCUT2D eigenvalue weighted by Crippen LogP contribution is -2.39. The molecule has 0 bridgehead atoms. The van der Waals surface area contributed by atoms with Crippen molar-refractivity contribution in [2.75, 3.05) is 18.4 Å². The standard InChI is InChI=1S/C41H40N2O/c1-31(38-19-11-12-20-39(38)35-15-7-3-8-16-35)42-37-24-22-33(23-25-37)34-27-29-43(30-28-34)41(36-17-9-4-10-18-36)40(44)26-21-32-13-5-2-6-14-32/h2-20,22-25,34,41-42H,1,21,26-30H2. The van der Waals surface area contributed by atoms with E-state index in [0.29, 0.717) is 18.1 Å². The molecule has 1 aliphatic heterocycles. The summed E-state index contributed by atoms with van der Waals surface area (Å²) >= 11 is 0. The summed E-state index contributed by atoms with van der Waals surface area (Å²) in [5, 5.41) is 3.53. The number of nitrogens with one attached hydrogen (secondary N) is 1. The summed E-state index contributed by atoms with van der Waals surface area (Å²) in [5.74, 6) is 0.793. The molecule has 1 unspecified atom stereocenters. The zero-order chi connectivity index (χ0) is 30.1. The second-order valence-corrected chi connectivity index (χ2v) is 11.7. The lowest BCUT2D eigenvalue weighted by atomic mass is 9.87. The Kier molecular flexibility index (Phi) is 9.44. The Morgan fingerprint density at radius 1 is 0.727 bits per heavy atom. The molecule has 5 aromatic carbocycles. The number of Topliss-reactive ketones (excluding diaryl/α,β-unsaturated/α-hetero) is 1. The zero-order valence-electron chi connectivity index (χ0n) is 25.2. The van der Waals surface area contributed by atoms with Gasteiger partial charge in [-0.05, 0) is 78.2 Å². The van der Waals surface area contributed by atoms with E-state index in [-0.39, 0.29) is 6.04 Å². The Hall–Kier alpha value is -4.73. The highest BCUT2D eigenvalue weighted by Crippen LogP contribution is 2.35. The summed E-state index contributed by atoms with van der Waals surface area (Å²) < 4.78 is 0. The number of piperidine rings is 1. The third-order valence-electron chi connectivity index (χ3n) is 8.83. The van der Waals surface area contributed by atoms with Gasteiger partial charge in [0.05, 0.1) is 6.04 Å². The molecule has 5 aromatic rings. The second-order valence-electron chi connectivity index (χ2n) is 11.7. The maximum Gasteiger partial charge on any atom is 0.154 e. The molecule has 44 heavy (non-hydrogen) atoms. The third kappa shape index (κ3) is 7.07. The van der Waals surface area contributed by atoms with E-state index in [2.05, 4.69) is 114 Å². The van der Waals surface area contributed by atoms with Crippen molar-refractivity contribution in [3.05, 3.63) is 168 Å². The number of hydrogen-bond acceptors (Lipinski definition) is 3. The van der Waals surface area contributed by atoms with Gasteiger partial charge in [0, 0.05) is 23.4 Å². The Labute approximate surface area is 261 Å². The average molecular weight is 577 g/mol. The van der Waals surface area contributed by atoms with Crippen molar-refractivity contribution in [3.8, 4) is 11.1 Å². The van der Waals surface area contributed by atoms with Gasteiger partial charge in [-0.3, -0.25) is 9.69 Å². The van der Waals surface area contributed by atoms with E-state index in [0.717, 1.165) is 54.9 Å². The van der Waals surface area contributed by atoms with Crippen molar-refractivity contribution < 1.29 is 4.79 Å². The number of ketones is 1. The summed E-state index contributed by atoms with van der Waals surface area (Å²) in [6, 6.07) is 48.1. The van der Waals surface area contributed by atoms with Crippen molar-refractivity contribution >= 4 is 17.2 Å². The number of carbonyl (C=O) groups is 1. The van der Waals surface area contributed by atoms with Crippen molar-refractivity contribution in [1.82, 2.24) is 4.90 Å². The van der Waals surface area contributed by atoms with E-state index in [1.807, 2.05) is 42.5 Å². The van der Waals surface area contributed by atoms with E-state index in [4.69, 9.17) is 0 Å². The number of rotatable bonds is 11. The average Bonchev–Trinajstić information content (AvgIpc) is 3.09. The van der Waals surface area contributed by atoms with Gasteiger partial charge in [-0.15, -0.1) is 0 Å². The number of anilines is 1. The fourth-order valence-corrected chi connectivity index (χ4v) is 6.47. The summed E-state index contributed by atoms with van der Waals surface area (Å²) in [5.41, 5.74) is 9.04. The van der Waals surface area contributed by atoms with Crippen LogP contribution in [0.15, 0.2) is 146 Å². The van der Waals surface area contributed by atoms with Crippen LogP contribution in [0.4, 0.5) is 5.69 Å². The number of likely N-dealkylation sites (tertiary alicyclic amines) is 1. The van der Waals surface area contributed by atoms with E-state index in [1.54, 1.807) is 0 Å². The van der Waals surface area contributed by atoms with E-state index in [1.165, 1.54) is 22.3 Å². The normalized spacial score (nSPS) is 14.5. The molecule has 0 spiro atoms. The molecule has 1 atom stereocenters. The topological polar surface area (TPSA) is 32.3 Å². The van der Waals surface area contributed by atoms with Gasteiger partial charge in [-0.2, -0.15) is 0 Å². The molecular formula is C41H40N2O. The third-order valence-corrected chi connectivity index (χ3v) is 8.83. The smallest absolute Gasteiger partial charge is 0.154 e. The molecule has 3 heteroatoms. The van der Waals surface area contributed by atoms with Gasteiger partial charge in [0.15, 0.2) is 5.78 Å². The van der Waals surface area contributed by atoms with Crippen LogP contribution in [0.2, 0.25) is 0 Å². The minimum atomic E-state index is -0.183. The molecule has 1 heterocycles. The molecule has 0 amide bonds. The molecule has 0 saturated carbocycles. The van der Waals surface area contributed by atoms with E-state index in [9.17, 15) is 4.79 Å². The maximum atomic E-state index is 13.6. The minimum absolute atomic E-state index is 0.183. The lowest BCUT2D eigenvalue weighted by molar-refractivity contribution is -0.125. The molecule has 6 rings (SSSR count). The Morgan fingerprint density at radius 3 is 2.00 bits per heavy atom. The van der Waals surface area contributed by atoms with Crippen LogP contribution in [-0.4, -0.2) is 23.8 Å². The summed E-state index contributed by atoms with van der Waals surface area (Å²) in [6.45, 7) is 6.19. The van der Waals surface area contributed by atoms with Gasteiger partial charge in [0.2, 0.25) is 0 Å². The molecule has 1 N–H and O–H groups in total. The first kappa shape index (κ1) is 29.3. The second kappa shape index (κ2) is 14.2. The largest absolute Gasteiger partial charge is 0.356 e. The first-order valence-electron chi connectivity index (χ1n) is 15.7. The van der Waals surface area contributed by atoms with Crippen LogP contribution in [0.1, 0.15) is 53.5 Å². The van der Waals surface area contributed by atoms with Gasteiger partial charge >= 0.3 is 0 Å². The highest BCUT2D eigenvalue weighted by atomic mass is 16.1. The molecule has 0 aliphatic carbocycles. The fraction of sp³-hybridized carbons (Fsp3) is 0.195. The Bertz CT molecular complexity index is 1650. The number of aryl methyl sites for hydroxylation is 1. The molecule has 1 saturated heterocycles. The first-order valence-corrected chi connectivity index (χ1v) is 15.7. The molecule has 3 nitrogen and oxygen atoms in total. The molecule has 1 aliphatic rings. The highest BCUT2D eigenvalue weighted by Gasteiger charge is 2.31. The molecule has 0 radical (unpaired) electrons. The van der Waals surface area contributed by atoms with Crippen molar-refractivity contribution in [2.45, 2.75) is 37.6 Å². The van der Waals surface area contributed by atoms with Crippen molar-refractivity contribution in [2.24, 2.45) is 0 Å². The molecular weight excluding hydrogens is 536 g/mol. The fourth-order valence-electron chi connectivity index (χ4n) is 6.47. The Balaban J connectivity index is 1.09. The quantitative estimate of drug-likeness (QED) is 0.170. The Morgan fingerprint density at radius 2 is 1.32 bits per heavy atom. The van der Waals surface area contributed by atoms with Crippen LogP contribution < -0.4 is 5.32 Å². The highest BCUT2D eigenvalue weighted by molar-refractivity contribution is 5.86. The monoisotopic (exact) mass is 576 g/mol.